The highest BCUT2D eigenvalue weighted by Crippen LogP contribution is 2.01. The summed E-state index contributed by atoms with van der Waals surface area (Å²) in [6.45, 7) is 0.496. The lowest BCUT2D eigenvalue weighted by Gasteiger charge is -1.98. The molecule has 0 radical (unpaired) electrons. The van der Waals surface area contributed by atoms with E-state index in [0.717, 1.165) is 5.56 Å². The molecule has 0 fully saturated rings. The molecule has 58 valence electrons. The van der Waals surface area contributed by atoms with Crippen molar-refractivity contribution in [2.45, 2.75) is 6.54 Å². The van der Waals surface area contributed by atoms with Gasteiger partial charge in [-0.05, 0) is 17.7 Å². The average Bonchev–Trinajstić information content (AvgIpc) is 2.01. The first-order valence-electron chi connectivity index (χ1n) is 3.20. The highest BCUT2D eigenvalue weighted by atomic mass is 16.1. The van der Waals surface area contributed by atoms with Crippen LogP contribution in [0, 0.1) is 0 Å². The van der Waals surface area contributed by atoms with E-state index in [1.165, 1.54) is 0 Å². The van der Waals surface area contributed by atoms with E-state index in [0.29, 0.717) is 18.8 Å². The van der Waals surface area contributed by atoms with Gasteiger partial charge in [0.15, 0.2) is 0 Å². The number of hydrogen-bond acceptors (Lipinski definition) is 3. The number of nitrogen functional groups attached to an aromatic ring is 1. The van der Waals surface area contributed by atoms with Gasteiger partial charge >= 0.3 is 0 Å². The fourth-order valence-corrected chi connectivity index (χ4v) is 0.764. The van der Waals surface area contributed by atoms with E-state index in [2.05, 4.69) is 10.3 Å². The first-order valence-corrected chi connectivity index (χ1v) is 3.20. The number of carbonyl (C=O) groups is 1. The van der Waals surface area contributed by atoms with Crippen molar-refractivity contribution in [1.82, 2.24) is 10.3 Å². The molecule has 0 spiro atoms. The van der Waals surface area contributed by atoms with E-state index >= 15 is 0 Å². The van der Waals surface area contributed by atoms with Gasteiger partial charge in [-0.25, -0.2) is 4.98 Å². The van der Waals surface area contributed by atoms with Crippen LogP contribution in [0.1, 0.15) is 5.56 Å². The Balaban J connectivity index is 2.63. The van der Waals surface area contributed by atoms with Crippen molar-refractivity contribution in [2.24, 2.45) is 0 Å². The average molecular weight is 151 g/mol. The minimum atomic E-state index is 0.468. The van der Waals surface area contributed by atoms with Gasteiger partial charge in [-0.1, -0.05) is 0 Å². The summed E-state index contributed by atoms with van der Waals surface area (Å²) < 4.78 is 0. The van der Waals surface area contributed by atoms with Crippen molar-refractivity contribution in [3.8, 4) is 0 Å². The zero-order valence-electron chi connectivity index (χ0n) is 5.95. The number of rotatable bonds is 3. The van der Waals surface area contributed by atoms with E-state index < -0.39 is 0 Å². The third-order valence-electron chi connectivity index (χ3n) is 1.24. The minimum absolute atomic E-state index is 0.468. The highest BCUT2D eigenvalue weighted by molar-refractivity contribution is 5.46. The van der Waals surface area contributed by atoms with Gasteiger partial charge in [0, 0.05) is 12.7 Å². The summed E-state index contributed by atoms with van der Waals surface area (Å²) in [5, 5.41) is 2.53. The number of carbonyl (C=O) groups excluding carboxylic acids is 1. The summed E-state index contributed by atoms with van der Waals surface area (Å²) >= 11 is 0. The van der Waals surface area contributed by atoms with Gasteiger partial charge in [-0.3, -0.25) is 4.79 Å². The minimum Gasteiger partial charge on any atom is -0.384 e. The third kappa shape index (κ3) is 2.25. The molecule has 0 aliphatic rings. The SMILES string of the molecule is Nc1cc(CNC=O)ccn1. The Bertz CT molecular complexity index is 249. The summed E-state index contributed by atoms with van der Waals surface area (Å²) in [5.74, 6) is 0.468. The Morgan fingerprint density at radius 3 is 3.18 bits per heavy atom. The van der Waals surface area contributed by atoms with Gasteiger partial charge < -0.3 is 11.1 Å². The van der Waals surface area contributed by atoms with Crippen molar-refractivity contribution in [3.05, 3.63) is 23.9 Å². The number of anilines is 1. The van der Waals surface area contributed by atoms with Crippen molar-refractivity contribution in [1.29, 1.82) is 0 Å². The number of nitrogens with one attached hydrogen (secondary N) is 1. The molecule has 1 amide bonds. The summed E-state index contributed by atoms with van der Waals surface area (Å²) in [7, 11) is 0. The van der Waals surface area contributed by atoms with Gasteiger partial charge in [0.1, 0.15) is 5.82 Å². The molecular weight excluding hydrogens is 142 g/mol. The monoisotopic (exact) mass is 151 g/mol. The molecule has 4 nitrogen and oxygen atoms in total. The van der Waals surface area contributed by atoms with E-state index in [4.69, 9.17) is 5.73 Å². The van der Waals surface area contributed by atoms with Crippen molar-refractivity contribution in [2.75, 3.05) is 5.73 Å². The molecule has 0 atom stereocenters. The van der Waals surface area contributed by atoms with Crippen LogP contribution in [-0.4, -0.2) is 11.4 Å². The molecule has 11 heavy (non-hydrogen) atoms. The Morgan fingerprint density at radius 1 is 1.73 bits per heavy atom. The predicted molar refractivity (Wildman–Crippen MR) is 41.6 cm³/mol. The first kappa shape index (κ1) is 7.53. The van der Waals surface area contributed by atoms with Gasteiger partial charge in [0.05, 0.1) is 0 Å². The number of nitrogens with two attached hydrogens (primary N) is 1. The Morgan fingerprint density at radius 2 is 2.55 bits per heavy atom. The second-order valence-corrected chi connectivity index (χ2v) is 2.09. The summed E-state index contributed by atoms with van der Waals surface area (Å²) in [6, 6.07) is 3.52. The predicted octanol–water partition coefficient (Wildman–Crippen LogP) is -0.0902. The maximum atomic E-state index is 9.91. The van der Waals surface area contributed by atoms with Crippen LogP contribution >= 0.6 is 0 Å². The standard InChI is InChI=1S/C7H9N3O/c8-7-3-6(1-2-10-7)4-9-5-11/h1-3,5H,4H2,(H2,8,10)(H,9,11). The summed E-state index contributed by atoms with van der Waals surface area (Å²) in [5.41, 5.74) is 6.35. The topological polar surface area (TPSA) is 68.0 Å². The van der Waals surface area contributed by atoms with Crippen LogP contribution < -0.4 is 11.1 Å². The van der Waals surface area contributed by atoms with E-state index in [1.54, 1.807) is 18.3 Å². The molecular formula is C7H9N3O. The lowest BCUT2D eigenvalue weighted by atomic mass is 10.2. The molecule has 0 aliphatic carbocycles. The van der Waals surface area contributed by atoms with Crippen LogP contribution in [0.15, 0.2) is 18.3 Å². The molecule has 0 unspecified atom stereocenters. The molecule has 1 aromatic rings. The molecule has 4 heteroatoms. The number of amides is 1. The third-order valence-corrected chi connectivity index (χ3v) is 1.24. The number of aromatic nitrogens is 1. The lowest BCUT2D eigenvalue weighted by molar-refractivity contribution is -0.109. The number of pyridine rings is 1. The molecule has 3 N–H and O–H groups in total. The van der Waals surface area contributed by atoms with Crippen LogP contribution in [0.25, 0.3) is 0 Å². The fraction of sp³-hybridized carbons (Fsp3) is 0.143. The molecule has 0 saturated carbocycles. The van der Waals surface area contributed by atoms with Crippen LogP contribution in [0.2, 0.25) is 0 Å². The van der Waals surface area contributed by atoms with Crippen molar-refractivity contribution in [3.63, 3.8) is 0 Å². The van der Waals surface area contributed by atoms with Crippen molar-refractivity contribution < 1.29 is 4.79 Å². The van der Waals surface area contributed by atoms with Crippen molar-refractivity contribution >= 4 is 12.2 Å². The smallest absolute Gasteiger partial charge is 0.207 e. The van der Waals surface area contributed by atoms with E-state index in [9.17, 15) is 4.79 Å². The van der Waals surface area contributed by atoms with E-state index in [-0.39, 0.29) is 0 Å². The first-order chi connectivity index (χ1) is 5.33. The normalized spacial score (nSPS) is 9.09. The Labute approximate surface area is 64.4 Å². The van der Waals surface area contributed by atoms with Gasteiger partial charge in [0.25, 0.3) is 0 Å². The van der Waals surface area contributed by atoms with Crippen LogP contribution in [0.5, 0.6) is 0 Å². The van der Waals surface area contributed by atoms with Crippen LogP contribution in [0.3, 0.4) is 0 Å². The molecule has 1 rings (SSSR count). The maximum Gasteiger partial charge on any atom is 0.207 e. The zero-order chi connectivity index (χ0) is 8.10. The van der Waals surface area contributed by atoms with Gasteiger partial charge in [-0.2, -0.15) is 0 Å². The molecule has 0 saturated heterocycles. The molecule has 0 aliphatic heterocycles. The lowest BCUT2D eigenvalue weighted by Crippen LogP contribution is -2.09. The van der Waals surface area contributed by atoms with Crippen LogP contribution in [0.4, 0.5) is 5.82 Å². The maximum absolute atomic E-state index is 9.91. The largest absolute Gasteiger partial charge is 0.384 e. The quantitative estimate of drug-likeness (QED) is 0.593. The molecule has 0 aromatic carbocycles. The molecule has 1 aromatic heterocycles. The molecule has 1 heterocycles. The summed E-state index contributed by atoms with van der Waals surface area (Å²) in [6.07, 6.45) is 2.26. The Kier molecular flexibility index (Phi) is 2.43. The fourth-order valence-electron chi connectivity index (χ4n) is 0.764. The zero-order valence-corrected chi connectivity index (χ0v) is 5.95. The van der Waals surface area contributed by atoms with E-state index in [1.807, 2.05) is 0 Å². The van der Waals surface area contributed by atoms with Crippen LogP contribution in [-0.2, 0) is 11.3 Å². The highest BCUT2D eigenvalue weighted by Gasteiger charge is 1.91. The second kappa shape index (κ2) is 3.55. The number of hydrogen-bond donors (Lipinski definition) is 2. The van der Waals surface area contributed by atoms with Gasteiger partial charge in [-0.15, -0.1) is 0 Å². The number of nitrogens with zero attached hydrogens (tertiary/aromatic N) is 1. The Hall–Kier alpha value is -1.58. The summed E-state index contributed by atoms with van der Waals surface area (Å²) in [4.78, 5) is 13.7. The van der Waals surface area contributed by atoms with Gasteiger partial charge in [0.2, 0.25) is 6.41 Å². The second-order valence-electron chi connectivity index (χ2n) is 2.09. The molecule has 0 bridgehead atoms.